The Morgan fingerprint density at radius 2 is 2.18 bits per heavy atom. The molecule has 2 unspecified atom stereocenters. The van der Waals surface area contributed by atoms with Crippen molar-refractivity contribution in [1.82, 2.24) is 10.6 Å². The molecule has 1 aromatic rings. The second-order valence-corrected chi connectivity index (χ2v) is 4.92. The van der Waals surface area contributed by atoms with E-state index >= 15 is 0 Å². The van der Waals surface area contributed by atoms with Crippen LogP contribution in [-0.4, -0.2) is 31.7 Å². The number of benzene rings is 1. The van der Waals surface area contributed by atoms with Crippen molar-refractivity contribution < 1.29 is 22.7 Å². The van der Waals surface area contributed by atoms with E-state index in [1.54, 1.807) is 13.0 Å². The molecule has 2 atom stereocenters. The molecule has 1 aliphatic rings. The zero-order chi connectivity index (χ0) is 15.5. The van der Waals surface area contributed by atoms with Crippen molar-refractivity contribution in [2.75, 3.05) is 19.7 Å². The molecule has 1 fully saturated rings. The molecular weight excluding hydrogens is 321 g/mol. The lowest BCUT2D eigenvalue weighted by molar-refractivity contribution is -0.137. The van der Waals surface area contributed by atoms with E-state index < -0.39 is 23.9 Å². The fraction of sp³-hybridized carbons (Fsp3) is 0.500. The first-order valence-electron chi connectivity index (χ1n) is 6.68. The van der Waals surface area contributed by atoms with E-state index in [1.165, 1.54) is 6.07 Å². The van der Waals surface area contributed by atoms with Gasteiger partial charge in [0.1, 0.15) is 6.10 Å². The Bertz CT molecular complexity index is 505. The molecule has 124 valence electrons. The van der Waals surface area contributed by atoms with Gasteiger partial charge in [0.2, 0.25) is 0 Å². The number of ether oxygens (including phenoxy) is 1. The van der Waals surface area contributed by atoms with E-state index in [0.29, 0.717) is 25.3 Å². The number of alkyl halides is 3. The highest BCUT2D eigenvalue weighted by molar-refractivity contribution is 5.85. The van der Waals surface area contributed by atoms with Crippen molar-refractivity contribution in [2.24, 2.45) is 0 Å². The van der Waals surface area contributed by atoms with Gasteiger partial charge < -0.3 is 15.4 Å². The fourth-order valence-corrected chi connectivity index (χ4v) is 2.11. The fourth-order valence-electron chi connectivity index (χ4n) is 2.11. The van der Waals surface area contributed by atoms with Crippen LogP contribution >= 0.6 is 12.4 Å². The summed E-state index contributed by atoms with van der Waals surface area (Å²) in [4.78, 5) is 12.0. The zero-order valence-corrected chi connectivity index (χ0v) is 12.8. The summed E-state index contributed by atoms with van der Waals surface area (Å²) in [7, 11) is 0. The third kappa shape index (κ3) is 4.86. The zero-order valence-electron chi connectivity index (χ0n) is 11.9. The van der Waals surface area contributed by atoms with Crippen molar-refractivity contribution in [1.29, 1.82) is 0 Å². The number of halogens is 4. The summed E-state index contributed by atoms with van der Waals surface area (Å²) in [5.74, 6) is -0.327. The minimum absolute atomic E-state index is 0. The normalized spacial score (nSPS) is 19.9. The van der Waals surface area contributed by atoms with Gasteiger partial charge in [0.05, 0.1) is 18.2 Å². The number of carbonyl (C=O) groups is 1. The molecule has 4 nitrogen and oxygen atoms in total. The minimum Gasteiger partial charge on any atom is -0.366 e. The molecule has 1 amide bonds. The molecule has 1 aromatic carbocycles. The van der Waals surface area contributed by atoms with Crippen molar-refractivity contribution in [3.63, 3.8) is 0 Å². The standard InChI is InChI=1S/C14H17F3N2O2.ClH/c1-9(19-13(20)12-8-18-5-6-21-12)10-3-2-4-11(7-10)14(15,16)17;/h2-4,7,9,12,18H,5-6,8H2,1H3,(H,19,20);1H. The van der Waals surface area contributed by atoms with E-state index in [9.17, 15) is 18.0 Å². The lowest BCUT2D eigenvalue weighted by Gasteiger charge is -2.25. The molecule has 0 bridgehead atoms. The molecule has 0 spiro atoms. The van der Waals surface area contributed by atoms with E-state index in [1.807, 2.05) is 0 Å². The van der Waals surface area contributed by atoms with Gasteiger partial charge in [-0.2, -0.15) is 13.2 Å². The van der Waals surface area contributed by atoms with Gasteiger partial charge in [0, 0.05) is 13.1 Å². The number of morpholine rings is 1. The van der Waals surface area contributed by atoms with Gasteiger partial charge in [0.15, 0.2) is 0 Å². The number of rotatable bonds is 3. The summed E-state index contributed by atoms with van der Waals surface area (Å²) < 4.78 is 43.3. The smallest absolute Gasteiger partial charge is 0.366 e. The van der Waals surface area contributed by atoms with Gasteiger partial charge >= 0.3 is 6.18 Å². The Balaban J connectivity index is 0.00000242. The van der Waals surface area contributed by atoms with Crippen LogP contribution in [0.25, 0.3) is 0 Å². The van der Waals surface area contributed by atoms with Crippen molar-refractivity contribution in [2.45, 2.75) is 25.2 Å². The van der Waals surface area contributed by atoms with Gasteiger partial charge in [-0.05, 0) is 24.6 Å². The lowest BCUT2D eigenvalue weighted by atomic mass is 10.0. The van der Waals surface area contributed by atoms with Gasteiger partial charge in [-0.1, -0.05) is 12.1 Å². The molecule has 1 aliphatic heterocycles. The average molecular weight is 339 g/mol. The second-order valence-electron chi connectivity index (χ2n) is 4.92. The van der Waals surface area contributed by atoms with Gasteiger partial charge in [-0.15, -0.1) is 12.4 Å². The quantitative estimate of drug-likeness (QED) is 0.889. The first-order chi connectivity index (χ1) is 9.88. The van der Waals surface area contributed by atoms with E-state index in [-0.39, 0.29) is 18.3 Å². The summed E-state index contributed by atoms with van der Waals surface area (Å²) >= 11 is 0. The van der Waals surface area contributed by atoms with Crippen LogP contribution in [0.15, 0.2) is 24.3 Å². The van der Waals surface area contributed by atoms with Gasteiger partial charge in [0.25, 0.3) is 5.91 Å². The molecule has 22 heavy (non-hydrogen) atoms. The number of amides is 1. The second kappa shape index (κ2) is 7.80. The summed E-state index contributed by atoms with van der Waals surface area (Å²) in [5.41, 5.74) is -0.321. The predicted molar refractivity (Wildman–Crippen MR) is 77.9 cm³/mol. The van der Waals surface area contributed by atoms with Crippen LogP contribution in [0.1, 0.15) is 24.1 Å². The minimum atomic E-state index is -4.39. The van der Waals surface area contributed by atoms with Crippen molar-refractivity contribution in [3.05, 3.63) is 35.4 Å². The monoisotopic (exact) mass is 338 g/mol. The highest BCUT2D eigenvalue weighted by Crippen LogP contribution is 2.30. The average Bonchev–Trinajstić information content (AvgIpc) is 2.47. The largest absolute Gasteiger partial charge is 0.416 e. The van der Waals surface area contributed by atoms with Crippen LogP contribution in [0.4, 0.5) is 13.2 Å². The molecule has 1 saturated heterocycles. The molecular formula is C14H18ClF3N2O2. The molecule has 0 aliphatic carbocycles. The molecule has 0 aromatic heterocycles. The van der Waals surface area contributed by atoms with E-state index in [0.717, 1.165) is 12.1 Å². The van der Waals surface area contributed by atoms with Gasteiger partial charge in [-0.3, -0.25) is 4.79 Å². The molecule has 2 rings (SSSR count). The first-order valence-corrected chi connectivity index (χ1v) is 6.68. The van der Waals surface area contributed by atoms with Crippen LogP contribution in [0, 0.1) is 0 Å². The number of hydrogen-bond acceptors (Lipinski definition) is 3. The van der Waals surface area contributed by atoms with E-state index in [2.05, 4.69) is 10.6 Å². The van der Waals surface area contributed by atoms with Crippen LogP contribution < -0.4 is 10.6 Å². The topological polar surface area (TPSA) is 50.4 Å². The maximum Gasteiger partial charge on any atom is 0.416 e. The number of nitrogens with one attached hydrogen (secondary N) is 2. The molecule has 0 saturated carbocycles. The SMILES string of the molecule is CC(NC(=O)C1CNCCO1)c1cccc(C(F)(F)F)c1.Cl. The molecule has 1 heterocycles. The maximum atomic E-state index is 12.7. The molecule has 0 radical (unpaired) electrons. The summed E-state index contributed by atoms with van der Waals surface area (Å²) in [6.07, 6.45) is -5.00. The Morgan fingerprint density at radius 3 is 2.77 bits per heavy atom. The van der Waals surface area contributed by atoms with Crippen LogP contribution in [-0.2, 0) is 15.7 Å². The number of carbonyl (C=O) groups excluding carboxylic acids is 1. The van der Waals surface area contributed by atoms with E-state index in [4.69, 9.17) is 4.74 Å². The number of hydrogen-bond donors (Lipinski definition) is 2. The Kier molecular flexibility index (Phi) is 6.65. The van der Waals surface area contributed by atoms with Crippen molar-refractivity contribution >= 4 is 18.3 Å². The molecule has 2 N–H and O–H groups in total. The third-order valence-corrected chi connectivity index (χ3v) is 3.29. The van der Waals surface area contributed by atoms with Crippen LogP contribution in [0.2, 0.25) is 0 Å². The third-order valence-electron chi connectivity index (χ3n) is 3.29. The summed E-state index contributed by atoms with van der Waals surface area (Å²) in [6.45, 7) is 3.17. The highest BCUT2D eigenvalue weighted by Gasteiger charge is 2.31. The van der Waals surface area contributed by atoms with Crippen LogP contribution in [0.5, 0.6) is 0 Å². The maximum absolute atomic E-state index is 12.7. The Labute approximate surface area is 132 Å². The van der Waals surface area contributed by atoms with Gasteiger partial charge in [-0.25, -0.2) is 0 Å². The first kappa shape index (κ1) is 18.7. The predicted octanol–water partition coefficient (Wildman–Crippen LogP) is 2.29. The lowest BCUT2D eigenvalue weighted by Crippen LogP contribution is -2.48. The summed E-state index contributed by atoms with van der Waals surface area (Å²) in [5, 5.41) is 5.70. The molecule has 8 heteroatoms. The Hall–Kier alpha value is -1.31. The van der Waals surface area contributed by atoms with Crippen LogP contribution in [0.3, 0.4) is 0 Å². The highest BCUT2D eigenvalue weighted by atomic mass is 35.5. The summed E-state index contributed by atoms with van der Waals surface area (Å²) in [6, 6.07) is 4.42. The Morgan fingerprint density at radius 1 is 1.45 bits per heavy atom. The van der Waals surface area contributed by atoms with Crippen molar-refractivity contribution in [3.8, 4) is 0 Å².